The molecule has 1 aromatic rings. The molecule has 0 amide bonds. The van der Waals surface area contributed by atoms with Gasteiger partial charge < -0.3 is 4.90 Å². The molecule has 1 saturated heterocycles. The van der Waals surface area contributed by atoms with Gasteiger partial charge in [-0.05, 0) is 42.4 Å². The maximum Gasteiger partial charge on any atom is 0.128 e. The van der Waals surface area contributed by atoms with E-state index in [4.69, 9.17) is 0 Å². The van der Waals surface area contributed by atoms with Crippen molar-refractivity contribution in [2.45, 2.75) is 45.4 Å². The summed E-state index contributed by atoms with van der Waals surface area (Å²) in [7, 11) is 0. The number of rotatable bonds is 3. The fourth-order valence-corrected chi connectivity index (χ4v) is 2.16. The molecular formula is C14H22N2. The summed E-state index contributed by atoms with van der Waals surface area (Å²) in [6.45, 7) is 9.19. The van der Waals surface area contributed by atoms with Gasteiger partial charge in [0, 0.05) is 19.3 Å². The fraction of sp³-hybridized carbons (Fsp3) is 0.643. The molecule has 1 aromatic heterocycles. The van der Waals surface area contributed by atoms with Crippen LogP contribution in [0.5, 0.6) is 0 Å². The highest BCUT2D eigenvalue weighted by atomic mass is 15.2. The predicted octanol–water partition coefficient (Wildman–Crippen LogP) is 3.37. The number of anilines is 1. The lowest BCUT2D eigenvalue weighted by Crippen LogP contribution is -2.21. The first-order valence-electron chi connectivity index (χ1n) is 6.35. The lowest BCUT2D eigenvalue weighted by molar-refractivity contribution is 0.505. The Morgan fingerprint density at radius 3 is 2.62 bits per heavy atom. The Kier molecular flexibility index (Phi) is 3.17. The number of hydrogen-bond acceptors (Lipinski definition) is 2. The standard InChI is InChI=1S/C14H22N2/c1-4-14(2,3)12-7-8-15-13(11-12)16-9-5-6-10-16/h7-8,11H,4-6,9-10H2,1-3H3. The molecule has 0 aromatic carbocycles. The Balaban J connectivity index is 2.25. The molecule has 0 N–H and O–H groups in total. The molecule has 1 aliphatic rings. The molecule has 1 aliphatic heterocycles. The Bertz CT molecular complexity index is 352. The maximum absolute atomic E-state index is 4.50. The van der Waals surface area contributed by atoms with Crippen LogP contribution >= 0.6 is 0 Å². The zero-order chi connectivity index (χ0) is 11.6. The van der Waals surface area contributed by atoms with Crippen molar-refractivity contribution in [2.75, 3.05) is 18.0 Å². The van der Waals surface area contributed by atoms with Crippen LogP contribution in [0.1, 0.15) is 45.6 Å². The van der Waals surface area contributed by atoms with E-state index < -0.39 is 0 Å². The monoisotopic (exact) mass is 218 g/mol. The minimum Gasteiger partial charge on any atom is -0.357 e. The average molecular weight is 218 g/mol. The second-order valence-electron chi connectivity index (χ2n) is 5.33. The summed E-state index contributed by atoms with van der Waals surface area (Å²) in [6.07, 6.45) is 5.74. The van der Waals surface area contributed by atoms with Crippen molar-refractivity contribution in [3.05, 3.63) is 23.9 Å². The van der Waals surface area contributed by atoms with Gasteiger partial charge in [0.15, 0.2) is 0 Å². The van der Waals surface area contributed by atoms with Crippen LogP contribution in [0.4, 0.5) is 5.82 Å². The highest BCUT2D eigenvalue weighted by molar-refractivity contribution is 5.43. The predicted molar refractivity (Wildman–Crippen MR) is 69.0 cm³/mol. The minimum atomic E-state index is 0.261. The van der Waals surface area contributed by atoms with E-state index >= 15 is 0 Å². The molecule has 0 saturated carbocycles. The van der Waals surface area contributed by atoms with Crippen molar-refractivity contribution < 1.29 is 0 Å². The summed E-state index contributed by atoms with van der Waals surface area (Å²) in [5, 5.41) is 0. The van der Waals surface area contributed by atoms with Crippen LogP contribution in [0.15, 0.2) is 18.3 Å². The van der Waals surface area contributed by atoms with Crippen molar-refractivity contribution in [3.8, 4) is 0 Å². The number of nitrogens with zero attached hydrogens (tertiary/aromatic N) is 2. The second-order valence-corrected chi connectivity index (χ2v) is 5.33. The molecule has 2 heterocycles. The summed E-state index contributed by atoms with van der Waals surface area (Å²) in [4.78, 5) is 6.89. The third kappa shape index (κ3) is 2.21. The Hall–Kier alpha value is -1.05. The molecule has 0 radical (unpaired) electrons. The molecule has 2 nitrogen and oxygen atoms in total. The van der Waals surface area contributed by atoms with Gasteiger partial charge in [-0.1, -0.05) is 20.8 Å². The quantitative estimate of drug-likeness (QED) is 0.773. The van der Waals surface area contributed by atoms with E-state index in [1.165, 1.54) is 31.5 Å². The zero-order valence-corrected chi connectivity index (χ0v) is 10.7. The van der Waals surface area contributed by atoms with E-state index in [1.807, 2.05) is 6.20 Å². The van der Waals surface area contributed by atoms with Gasteiger partial charge in [-0.3, -0.25) is 0 Å². The minimum absolute atomic E-state index is 0.261. The SMILES string of the molecule is CCC(C)(C)c1ccnc(N2CCCC2)c1. The van der Waals surface area contributed by atoms with Crippen LogP contribution in [0.3, 0.4) is 0 Å². The third-order valence-electron chi connectivity index (χ3n) is 3.84. The first-order chi connectivity index (χ1) is 7.63. The van der Waals surface area contributed by atoms with Gasteiger partial charge in [-0.2, -0.15) is 0 Å². The van der Waals surface area contributed by atoms with Crippen LogP contribution in [0, 0.1) is 0 Å². The normalized spacial score (nSPS) is 16.8. The molecule has 2 heteroatoms. The van der Waals surface area contributed by atoms with Crippen LogP contribution in [-0.4, -0.2) is 18.1 Å². The lowest BCUT2D eigenvalue weighted by atomic mass is 9.83. The van der Waals surface area contributed by atoms with E-state index in [2.05, 4.69) is 42.8 Å². The smallest absolute Gasteiger partial charge is 0.128 e. The summed E-state index contributed by atoms with van der Waals surface area (Å²) in [6, 6.07) is 4.43. The highest BCUT2D eigenvalue weighted by Gasteiger charge is 2.20. The second kappa shape index (κ2) is 4.44. The van der Waals surface area contributed by atoms with E-state index in [9.17, 15) is 0 Å². The van der Waals surface area contributed by atoms with E-state index in [-0.39, 0.29) is 5.41 Å². The van der Waals surface area contributed by atoms with Gasteiger partial charge in [-0.25, -0.2) is 4.98 Å². The van der Waals surface area contributed by atoms with Crippen LogP contribution < -0.4 is 4.90 Å². The van der Waals surface area contributed by atoms with Gasteiger partial charge in [0.25, 0.3) is 0 Å². The average Bonchev–Trinajstić information content (AvgIpc) is 2.83. The topological polar surface area (TPSA) is 16.1 Å². The molecule has 0 atom stereocenters. The van der Waals surface area contributed by atoms with Crippen molar-refractivity contribution in [2.24, 2.45) is 0 Å². The molecule has 88 valence electrons. The first kappa shape index (κ1) is 11.4. The number of hydrogen-bond donors (Lipinski definition) is 0. The molecular weight excluding hydrogens is 196 g/mol. The van der Waals surface area contributed by atoms with Crippen molar-refractivity contribution in [3.63, 3.8) is 0 Å². The maximum atomic E-state index is 4.50. The molecule has 2 rings (SSSR count). The van der Waals surface area contributed by atoms with Gasteiger partial charge in [0.05, 0.1) is 0 Å². The van der Waals surface area contributed by atoms with Crippen molar-refractivity contribution in [1.29, 1.82) is 0 Å². The summed E-state index contributed by atoms with van der Waals surface area (Å²) in [5.74, 6) is 1.16. The van der Waals surface area contributed by atoms with Crippen LogP contribution in [-0.2, 0) is 5.41 Å². The third-order valence-corrected chi connectivity index (χ3v) is 3.84. The van der Waals surface area contributed by atoms with E-state index in [1.54, 1.807) is 0 Å². The Morgan fingerprint density at radius 2 is 2.00 bits per heavy atom. The Labute approximate surface area is 98.7 Å². The van der Waals surface area contributed by atoms with E-state index in [0.717, 1.165) is 12.2 Å². The molecule has 0 unspecified atom stereocenters. The van der Waals surface area contributed by atoms with Crippen molar-refractivity contribution in [1.82, 2.24) is 4.98 Å². The van der Waals surface area contributed by atoms with Crippen LogP contribution in [0.2, 0.25) is 0 Å². The molecule has 0 aliphatic carbocycles. The van der Waals surface area contributed by atoms with Gasteiger partial charge in [0.1, 0.15) is 5.82 Å². The van der Waals surface area contributed by atoms with Gasteiger partial charge in [0.2, 0.25) is 0 Å². The molecule has 0 bridgehead atoms. The zero-order valence-electron chi connectivity index (χ0n) is 10.7. The summed E-state index contributed by atoms with van der Waals surface area (Å²) < 4.78 is 0. The number of pyridine rings is 1. The molecule has 16 heavy (non-hydrogen) atoms. The summed E-state index contributed by atoms with van der Waals surface area (Å²) >= 11 is 0. The van der Waals surface area contributed by atoms with Crippen LogP contribution in [0.25, 0.3) is 0 Å². The van der Waals surface area contributed by atoms with Gasteiger partial charge in [-0.15, -0.1) is 0 Å². The fourth-order valence-electron chi connectivity index (χ4n) is 2.16. The lowest BCUT2D eigenvalue weighted by Gasteiger charge is -2.25. The summed E-state index contributed by atoms with van der Waals surface area (Å²) in [5.41, 5.74) is 1.67. The van der Waals surface area contributed by atoms with Crippen molar-refractivity contribution >= 4 is 5.82 Å². The highest BCUT2D eigenvalue weighted by Crippen LogP contribution is 2.29. The van der Waals surface area contributed by atoms with Gasteiger partial charge >= 0.3 is 0 Å². The molecule has 0 spiro atoms. The number of aromatic nitrogens is 1. The first-order valence-corrected chi connectivity index (χ1v) is 6.35. The molecule has 1 fully saturated rings. The largest absolute Gasteiger partial charge is 0.357 e. The Morgan fingerprint density at radius 1 is 1.31 bits per heavy atom. The van der Waals surface area contributed by atoms with E-state index in [0.29, 0.717) is 0 Å².